The van der Waals surface area contributed by atoms with Gasteiger partial charge in [0.15, 0.2) is 12.2 Å². The van der Waals surface area contributed by atoms with Crippen molar-refractivity contribution in [2.45, 2.75) is 155 Å². The number of fused-ring (bicyclic) bond motifs is 2. The second-order valence-electron chi connectivity index (χ2n) is 14.6. The van der Waals surface area contributed by atoms with Crippen molar-refractivity contribution in [2.24, 2.45) is 0 Å². The lowest BCUT2D eigenvalue weighted by Gasteiger charge is -2.23. The highest BCUT2D eigenvalue weighted by atomic mass is 35.5. The SMILES string of the molecule is CCCCCCCCOCC(COc1c2ccccc2c(OCC(COCCCCCCCC)OC(=O)CCCC)c2cc(Cl)ccc12)OC(=O)CCCC. The summed E-state index contributed by atoms with van der Waals surface area (Å²) in [5.41, 5.74) is 0. The van der Waals surface area contributed by atoms with E-state index in [1.807, 2.05) is 42.5 Å². The highest BCUT2D eigenvalue weighted by Crippen LogP contribution is 2.44. The van der Waals surface area contributed by atoms with Crippen molar-refractivity contribution in [3.05, 3.63) is 47.5 Å². The van der Waals surface area contributed by atoms with Crippen molar-refractivity contribution in [1.82, 2.24) is 0 Å². The summed E-state index contributed by atoms with van der Waals surface area (Å²) >= 11 is 6.60. The average Bonchev–Trinajstić information content (AvgIpc) is 3.19. The van der Waals surface area contributed by atoms with E-state index in [1.165, 1.54) is 51.4 Å². The average molecular weight is 786 g/mol. The topological polar surface area (TPSA) is 89.5 Å². The Bertz CT molecular complexity index is 1510. The van der Waals surface area contributed by atoms with Gasteiger partial charge in [0.1, 0.15) is 24.7 Å². The van der Waals surface area contributed by atoms with E-state index in [-0.39, 0.29) is 38.4 Å². The van der Waals surface area contributed by atoms with Crippen LogP contribution in [0.4, 0.5) is 0 Å². The Morgan fingerprint density at radius 3 is 1.40 bits per heavy atom. The molecule has 0 N–H and O–H groups in total. The first-order valence-electron chi connectivity index (χ1n) is 21.4. The Labute approximate surface area is 336 Å². The number of unbranched alkanes of at least 4 members (excludes halogenated alkanes) is 12. The first kappa shape index (κ1) is 46.3. The van der Waals surface area contributed by atoms with Crippen LogP contribution in [-0.2, 0) is 28.5 Å². The van der Waals surface area contributed by atoms with Crippen LogP contribution in [0.1, 0.15) is 143 Å². The molecule has 0 saturated heterocycles. The Balaban J connectivity index is 1.81. The van der Waals surface area contributed by atoms with Crippen LogP contribution in [0.5, 0.6) is 11.5 Å². The quantitative estimate of drug-likeness (QED) is 0.0351. The third-order valence-electron chi connectivity index (χ3n) is 9.67. The molecule has 3 rings (SSSR count). The molecule has 308 valence electrons. The molecule has 55 heavy (non-hydrogen) atoms. The summed E-state index contributed by atoms with van der Waals surface area (Å²) in [5.74, 6) is 0.770. The van der Waals surface area contributed by atoms with E-state index in [1.54, 1.807) is 0 Å². The smallest absolute Gasteiger partial charge is 0.306 e. The molecular weight excluding hydrogens is 716 g/mol. The summed E-state index contributed by atoms with van der Waals surface area (Å²) < 4.78 is 37.1. The molecule has 3 aromatic carbocycles. The molecule has 0 aliphatic rings. The Hall–Kier alpha value is -3.07. The minimum Gasteiger partial charge on any atom is -0.488 e. The molecule has 2 unspecified atom stereocenters. The third kappa shape index (κ3) is 17.7. The molecule has 8 nitrogen and oxygen atoms in total. The number of hydrogen-bond acceptors (Lipinski definition) is 8. The van der Waals surface area contributed by atoms with E-state index >= 15 is 0 Å². The minimum absolute atomic E-state index is 0.117. The van der Waals surface area contributed by atoms with Gasteiger partial charge in [0.25, 0.3) is 0 Å². The van der Waals surface area contributed by atoms with Crippen molar-refractivity contribution in [3.63, 3.8) is 0 Å². The molecule has 0 spiro atoms. The number of carbonyl (C=O) groups excluding carboxylic acids is 2. The lowest BCUT2D eigenvalue weighted by molar-refractivity contribution is -0.155. The molecule has 9 heteroatoms. The first-order valence-corrected chi connectivity index (χ1v) is 21.7. The van der Waals surface area contributed by atoms with Crippen LogP contribution < -0.4 is 9.47 Å². The van der Waals surface area contributed by atoms with Crippen molar-refractivity contribution < 1.29 is 38.0 Å². The lowest BCUT2D eigenvalue weighted by atomic mass is 10.0. The normalized spacial score (nSPS) is 12.5. The zero-order chi connectivity index (χ0) is 39.5. The Morgan fingerprint density at radius 1 is 0.509 bits per heavy atom. The van der Waals surface area contributed by atoms with Gasteiger partial charge in [-0.15, -0.1) is 0 Å². The summed E-state index contributed by atoms with van der Waals surface area (Å²) in [5, 5.41) is 3.78. The number of benzene rings is 3. The number of hydrogen-bond donors (Lipinski definition) is 0. The number of halogens is 1. The maximum Gasteiger partial charge on any atom is 0.306 e. The predicted octanol–water partition coefficient (Wildman–Crippen LogP) is 12.4. The first-order chi connectivity index (χ1) is 26.9. The highest BCUT2D eigenvalue weighted by molar-refractivity contribution is 6.31. The van der Waals surface area contributed by atoms with E-state index in [0.29, 0.717) is 42.6 Å². The summed E-state index contributed by atoms with van der Waals surface area (Å²) in [4.78, 5) is 25.5. The van der Waals surface area contributed by atoms with Gasteiger partial charge < -0.3 is 28.4 Å². The summed E-state index contributed by atoms with van der Waals surface area (Å²) in [6, 6.07) is 13.5. The zero-order valence-electron chi connectivity index (χ0n) is 34.3. The van der Waals surface area contributed by atoms with Gasteiger partial charge in [-0.25, -0.2) is 0 Å². The summed E-state index contributed by atoms with van der Waals surface area (Å²) in [6.07, 6.45) is 17.0. The molecule has 2 atom stereocenters. The van der Waals surface area contributed by atoms with E-state index in [9.17, 15) is 9.59 Å². The molecular formula is C46H69ClO8. The van der Waals surface area contributed by atoms with Gasteiger partial charge >= 0.3 is 11.9 Å². The van der Waals surface area contributed by atoms with E-state index in [2.05, 4.69) is 27.7 Å². The Morgan fingerprint density at radius 2 is 0.927 bits per heavy atom. The van der Waals surface area contributed by atoms with Crippen molar-refractivity contribution in [3.8, 4) is 11.5 Å². The number of rotatable bonds is 32. The lowest BCUT2D eigenvalue weighted by Crippen LogP contribution is -2.30. The molecule has 0 aliphatic heterocycles. The van der Waals surface area contributed by atoms with Gasteiger partial charge in [0.2, 0.25) is 0 Å². The molecule has 0 aliphatic carbocycles. The molecule has 0 heterocycles. The van der Waals surface area contributed by atoms with Crippen molar-refractivity contribution in [1.29, 1.82) is 0 Å². The van der Waals surface area contributed by atoms with Crippen LogP contribution in [0, 0.1) is 0 Å². The maximum absolute atomic E-state index is 12.8. The highest BCUT2D eigenvalue weighted by Gasteiger charge is 2.22. The van der Waals surface area contributed by atoms with Crippen LogP contribution in [0.3, 0.4) is 0 Å². The van der Waals surface area contributed by atoms with Crippen molar-refractivity contribution >= 4 is 45.1 Å². The molecule has 0 amide bonds. The molecule has 0 fully saturated rings. The van der Waals surface area contributed by atoms with Gasteiger partial charge in [-0.2, -0.15) is 0 Å². The maximum atomic E-state index is 12.8. The molecule has 0 aromatic heterocycles. The van der Waals surface area contributed by atoms with Crippen LogP contribution in [0.25, 0.3) is 21.5 Å². The third-order valence-corrected chi connectivity index (χ3v) is 9.91. The Kier molecular flexibility index (Phi) is 23.9. The van der Waals surface area contributed by atoms with Crippen LogP contribution >= 0.6 is 11.6 Å². The summed E-state index contributed by atoms with van der Waals surface area (Å²) in [6.45, 7) is 10.5. The minimum atomic E-state index is -0.576. The van der Waals surface area contributed by atoms with Gasteiger partial charge in [0, 0.05) is 52.6 Å². The second-order valence-corrected chi connectivity index (χ2v) is 15.1. The fraction of sp³-hybridized carbons (Fsp3) is 0.652. The van der Waals surface area contributed by atoms with E-state index in [4.69, 9.17) is 40.0 Å². The second kappa shape index (κ2) is 28.3. The van der Waals surface area contributed by atoms with Gasteiger partial charge in [-0.05, 0) is 43.9 Å². The fourth-order valence-corrected chi connectivity index (χ4v) is 6.67. The molecule has 0 bridgehead atoms. The monoisotopic (exact) mass is 784 g/mol. The van der Waals surface area contributed by atoms with Crippen LogP contribution in [-0.4, -0.2) is 63.8 Å². The molecule has 0 saturated carbocycles. The van der Waals surface area contributed by atoms with Crippen molar-refractivity contribution in [2.75, 3.05) is 39.6 Å². The number of esters is 2. The standard InChI is InChI=1S/C46H69ClO8/c1-5-9-13-15-17-21-29-50-32-37(54-43(48)25-11-7-3)34-52-45-39-23-19-20-24-40(39)46(42-31-36(47)27-28-41(42)45)53-35-38(55-44(49)26-12-8-4)33-51-30-22-18-16-14-10-6-2/h19-20,23-24,27-28,31,37-38H,5-18,21-22,25-26,29-30,32-35H2,1-4H3. The fourth-order valence-electron chi connectivity index (χ4n) is 6.50. The zero-order valence-corrected chi connectivity index (χ0v) is 35.1. The van der Waals surface area contributed by atoms with E-state index in [0.717, 1.165) is 72.9 Å². The number of ether oxygens (including phenoxy) is 6. The van der Waals surface area contributed by atoms with Gasteiger partial charge in [0.05, 0.1) is 13.2 Å². The number of carbonyl (C=O) groups is 2. The predicted molar refractivity (Wildman–Crippen MR) is 225 cm³/mol. The van der Waals surface area contributed by atoms with Gasteiger partial charge in [-0.3, -0.25) is 9.59 Å². The van der Waals surface area contributed by atoms with Crippen LogP contribution in [0.2, 0.25) is 5.02 Å². The summed E-state index contributed by atoms with van der Waals surface area (Å²) in [7, 11) is 0. The molecule has 3 aromatic rings. The molecule has 0 radical (unpaired) electrons. The van der Waals surface area contributed by atoms with Gasteiger partial charge in [-0.1, -0.05) is 141 Å². The van der Waals surface area contributed by atoms with E-state index < -0.39 is 12.2 Å². The van der Waals surface area contributed by atoms with Crippen LogP contribution in [0.15, 0.2) is 42.5 Å². The largest absolute Gasteiger partial charge is 0.488 e.